The molecule has 2 nitrogen and oxygen atoms in total. The van der Waals surface area contributed by atoms with Crippen LogP contribution in [-0.4, -0.2) is 0 Å². The Morgan fingerprint density at radius 2 is 2.21 bits per heavy atom. The fourth-order valence-electron chi connectivity index (χ4n) is 1.52. The Morgan fingerprint density at radius 3 is 2.71 bits per heavy atom. The first kappa shape index (κ1) is 9.49. The summed E-state index contributed by atoms with van der Waals surface area (Å²) in [7, 11) is 0. The Labute approximate surface area is 87.4 Å². The zero-order valence-corrected chi connectivity index (χ0v) is 9.10. The third kappa shape index (κ3) is 1.61. The maximum atomic E-state index is 6.12. The molecular weight excluding hydrogens is 194 g/mol. The number of nitrogens with two attached hydrogens (primary N) is 1. The van der Waals surface area contributed by atoms with Gasteiger partial charge in [0, 0.05) is 10.4 Å². The van der Waals surface area contributed by atoms with Gasteiger partial charge in [0.15, 0.2) is 0 Å². The molecule has 14 heavy (non-hydrogen) atoms. The van der Waals surface area contributed by atoms with Crippen LogP contribution in [0.3, 0.4) is 0 Å². The van der Waals surface area contributed by atoms with Gasteiger partial charge in [-0.1, -0.05) is 0 Å². The molecule has 1 unspecified atom stereocenters. The van der Waals surface area contributed by atoms with Crippen LogP contribution in [-0.2, 0) is 0 Å². The van der Waals surface area contributed by atoms with E-state index in [2.05, 4.69) is 18.4 Å². The number of aryl methyl sites for hydroxylation is 2. The fraction of sp³-hybridized carbons (Fsp3) is 0.273. The van der Waals surface area contributed by atoms with Gasteiger partial charge in [-0.15, -0.1) is 11.3 Å². The third-order valence-electron chi connectivity index (χ3n) is 2.34. The second kappa shape index (κ2) is 3.59. The molecular formula is C11H13NOS. The molecule has 2 N–H and O–H groups in total. The zero-order valence-electron chi connectivity index (χ0n) is 8.28. The molecule has 1 atom stereocenters. The average molecular weight is 207 g/mol. The average Bonchev–Trinajstić information content (AvgIpc) is 2.73. The summed E-state index contributed by atoms with van der Waals surface area (Å²) in [5.74, 6) is 0.904. The minimum atomic E-state index is -0.0568. The van der Waals surface area contributed by atoms with Gasteiger partial charge in [-0.2, -0.15) is 0 Å². The van der Waals surface area contributed by atoms with Crippen molar-refractivity contribution in [2.45, 2.75) is 19.9 Å². The maximum absolute atomic E-state index is 6.12. The number of thiophene rings is 1. The van der Waals surface area contributed by atoms with Gasteiger partial charge < -0.3 is 10.2 Å². The summed E-state index contributed by atoms with van der Waals surface area (Å²) in [4.78, 5) is 1.29. The van der Waals surface area contributed by atoms with Crippen molar-refractivity contribution >= 4 is 11.3 Å². The highest BCUT2D eigenvalue weighted by Crippen LogP contribution is 2.26. The van der Waals surface area contributed by atoms with Crippen molar-refractivity contribution in [3.8, 4) is 0 Å². The molecule has 0 aliphatic heterocycles. The molecule has 0 aliphatic rings. The molecule has 0 saturated heterocycles. The first-order valence-electron chi connectivity index (χ1n) is 4.53. The van der Waals surface area contributed by atoms with Gasteiger partial charge in [-0.05, 0) is 36.9 Å². The van der Waals surface area contributed by atoms with Crippen molar-refractivity contribution in [3.05, 3.63) is 45.5 Å². The van der Waals surface area contributed by atoms with Gasteiger partial charge in [0.25, 0.3) is 0 Å². The van der Waals surface area contributed by atoms with Crippen molar-refractivity contribution in [1.29, 1.82) is 0 Å². The lowest BCUT2D eigenvalue weighted by Gasteiger charge is -2.07. The molecule has 3 heteroatoms. The standard InChI is InChI=1S/C11H13NOS/c1-7-5-9(6-14-7)11(12)10-3-4-13-8(10)2/h3-6,11H,12H2,1-2H3. The Balaban J connectivity index is 2.33. The lowest BCUT2D eigenvalue weighted by molar-refractivity contribution is 0.527. The number of furan rings is 1. The summed E-state index contributed by atoms with van der Waals surface area (Å²) < 4.78 is 5.24. The fourth-order valence-corrected chi connectivity index (χ4v) is 2.26. The van der Waals surface area contributed by atoms with Gasteiger partial charge in [0.2, 0.25) is 0 Å². The molecule has 0 amide bonds. The Kier molecular flexibility index (Phi) is 2.44. The van der Waals surface area contributed by atoms with Crippen LogP contribution in [0.25, 0.3) is 0 Å². The smallest absolute Gasteiger partial charge is 0.105 e. The summed E-state index contributed by atoms with van der Waals surface area (Å²) in [6, 6.07) is 4.01. The quantitative estimate of drug-likeness (QED) is 0.822. The normalized spacial score (nSPS) is 13.1. The molecule has 0 spiro atoms. The van der Waals surface area contributed by atoms with Crippen molar-refractivity contribution in [3.63, 3.8) is 0 Å². The monoisotopic (exact) mass is 207 g/mol. The highest BCUT2D eigenvalue weighted by molar-refractivity contribution is 7.10. The van der Waals surface area contributed by atoms with E-state index in [4.69, 9.17) is 10.2 Å². The van der Waals surface area contributed by atoms with Crippen LogP contribution in [0.15, 0.2) is 28.2 Å². The van der Waals surface area contributed by atoms with Gasteiger partial charge >= 0.3 is 0 Å². The third-order valence-corrected chi connectivity index (χ3v) is 3.22. The second-order valence-corrected chi connectivity index (χ2v) is 4.52. The van der Waals surface area contributed by atoms with Crippen molar-refractivity contribution < 1.29 is 4.42 Å². The van der Waals surface area contributed by atoms with Gasteiger partial charge in [0.1, 0.15) is 5.76 Å². The molecule has 0 aliphatic carbocycles. The SMILES string of the molecule is Cc1cc(C(N)c2ccoc2C)cs1. The van der Waals surface area contributed by atoms with Crippen LogP contribution >= 0.6 is 11.3 Å². The van der Waals surface area contributed by atoms with Gasteiger partial charge in [-0.25, -0.2) is 0 Å². The van der Waals surface area contributed by atoms with E-state index in [0.717, 1.165) is 16.9 Å². The number of hydrogen-bond acceptors (Lipinski definition) is 3. The Bertz CT molecular complexity index is 430. The lowest BCUT2D eigenvalue weighted by atomic mass is 10.0. The van der Waals surface area contributed by atoms with E-state index in [-0.39, 0.29) is 6.04 Å². The first-order chi connectivity index (χ1) is 6.68. The van der Waals surface area contributed by atoms with E-state index < -0.39 is 0 Å². The molecule has 0 bridgehead atoms. The van der Waals surface area contributed by atoms with E-state index >= 15 is 0 Å². The van der Waals surface area contributed by atoms with Gasteiger partial charge in [0.05, 0.1) is 12.3 Å². The molecule has 2 aromatic heterocycles. The van der Waals surface area contributed by atoms with Crippen LogP contribution in [0.1, 0.15) is 27.8 Å². The second-order valence-electron chi connectivity index (χ2n) is 3.40. The van der Waals surface area contributed by atoms with E-state index in [1.165, 1.54) is 4.88 Å². The molecule has 2 heterocycles. The maximum Gasteiger partial charge on any atom is 0.105 e. The minimum Gasteiger partial charge on any atom is -0.469 e. The summed E-state index contributed by atoms with van der Waals surface area (Å²) >= 11 is 1.73. The summed E-state index contributed by atoms with van der Waals surface area (Å²) in [5, 5.41) is 2.10. The number of hydrogen-bond donors (Lipinski definition) is 1. The zero-order chi connectivity index (χ0) is 10.1. The van der Waals surface area contributed by atoms with Gasteiger partial charge in [-0.3, -0.25) is 0 Å². The molecule has 2 aromatic rings. The van der Waals surface area contributed by atoms with Crippen molar-refractivity contribution in [2.75, 3.05) is 0 Å². The van der Waals surface area contributed by atoms with Crippen molar-refractivity contribution in [2.24, 2.45) is 5.73 Å². The predicted octanol–water partition coefficient (Wildman–Crippen LogP) is 3.01. The van der Waals surface area contributed by atoms with E-state index in [1.54, 1.807) is 17.6 Å². The molecule has 0 fully saturated rings. The van der Waals surface area contributed by atoms with E-state index in [9.17, 15) is 0 Å². The minimum absolute atomic E-state index is 0.0568. The highest BCUT2D eigenvalue weighted by Gasteiger charge is 2.14. The summed E-state index contributed by atoms with van der Waals surface area (Å²) in [6.45, 7) is 4.03. The lowest BCUT2D eigenvalue weighted by Crippen LogP contribution is -2.10. The van der Waals surface area contributed by atoms with E-state index in [1.807, 2.05) is 13.0 Å². The Hall–Kier alpha value is -1.06. The summed E-state index contributed by atoms with van der Waals surface area (Å²) in [6.07, 6.45) is 1.68. The molecule has 0 aromatic carbocycles. The van der Waals surface area contributed by atoms with Crippen molar-refractivity contribution in [1.82, 2.24) is 0 Å². The Morgan fingerprint density at radius 1 is 1.43 bits per heavy atom. The van der Waals surface area contributed by atoms with Crippen LogP contribution < -0.4 is 5.73 Å². The van der Waals surface area contributed by atoms with Crippen LogP contribution in [0.5, 0.6) is 0 Å². The van der Waals surface area contributed by atoms with Crippen LogP contribution in [0, 0.1) is 13.8 Å². The largest absolute Gasteiger partial charge is 0.469 e. The van der Waals surface area contributed by atoms with Crippen LogP contribution in [0.4, 0.5) is 0 Å². The summed E-state index contributed by atoms with van der Waals surface area (Å²) in [5.41, 5.74) is 8.36. The molecule has 2 rings (SSSR count). The van der Waals surface area contributed by atoms with E-state index in [0.29, 0.717) is 0 Å². The first-order valence-corrected chi connectivity index (χ1v) is 5.41. The van der Waals surface area contributed by atoms with Crippen LogP contribution in [0.2, 0.25) is 0 Å². The molecule has 0 radical (unpaired) electrons. The highest BCUT2D eigenvalue weighted by atomic mass is 32.1. The molecule has 0 saturated carbocycles. The predicted molar refractivity (Wildman–Crippen MR) is 58.5 cm³/mol. The molecule has 74 valence electrons. The number of rotatable bonds is 2. The topological polar surface area (TPSA) is 39.2 Å².